The highest BCUT2D eigenvalue weighted by molar-refractivity contribution is 5.94. The van der Waals surface area contributed by atoms with Gasteiger partial charge in [-0.3, -0.25) is 4.79 Å². The van der Waals surface area contributed by atoms with E-state index in [-0.39, 0.29) is 5.91 Å². The van der Waals surface area contributed by atoms with E-state index in [0.717, 1.165) is 31.5 Å². The summed E-state index contributed by atoms with van der Waals surface area (Å²) < 4.78 is 0. The number of benzene rings is 2. The number of rotatable bonds is 2. The first-order chi connectivity index (χ1) is 10.6. The highest BCUT2D eigenvalue weighted by Crippen LogP contribution is 2.29. The molecule has 1 N–H and O–H groups in total. The lowest BCUT2D eigenvalue weighted by Gasteiger charge is -2.32. The van der Waals surface area contributed by atoms with E-state index in [0.29, 0.717) is 11.7 Å². The molecule has 1 amide bonds. The Morgan fingerprint density at radius 2 is 1.59 bits per heavy atom. The zero-order chi connectivity index (χ0) is 15.5. The summed E-state index contributed by atoms with van der Waals surface area (Å²) in [7, 11) is 0. The van der Waals surface area contributed by atoms with Gasteiger partial charge in [-0.2, -0.15) is 0 Å². The topological polar surface area (TPSA) is 40.5 Å². The second-order valence-corrected chi connectivity index (χ2v) is 6.02. The number of phenols is 1. The number of nitrogens with zero attached hydrogens (tertiary/aromatic N) is 1. The van der Waals surface area contributed by atoms with Crippen molar-refractivity contribution in [2.24, 2.45) is 0 Å². The molecule has 1 fully saturated rings. The van der Waals surface area contributed by atoms with Crippen molar-refractivity contribution in [2.45, 2.75) is 25.7 Å². The van der Waals surface area contributed by atoms with Crippen LogP contribution in [0.5, 0.6) is 5.75 Å². The van der Waals surface area contributed by atoms with Crippen LogP contribution in [0.15, 0.2) is 48.5 Å². The van der Waals surface area contributed by atoms with E-state index in [9.17, 15) is 9.90 Å². The zero-order valence-corrected chi connectivity index (χ0v) is 12.8. The number of amides is 1. The van der Waals surface area contributed by atoms with Gasteiger partial charge in [0.25, 0.3) is 5.91 Å². The van der Waals surface area contributed by atoms with Crippen molar-refractivity contribution in [3.8, 4) is 5.75 Å². The first-order valence-corrected chi connectivity index (χ1v) is 7.78. The molecular weight excluding hydrogens is 274 g/mol. The van der Waals surface area contributed by atoms with Gasteiger partial charge >= 0.3 is 0 Å². The molecule has 3 rings (SSSR count). The fraction of sp³-hybridized carbons (Fsp3) is 0.316. The normalized spacial score (nSPS) is 15.8. The van der Waals surface area contributed by atoms with E-state index in [2.05, 4.69) is 0 Å². The average molecular weight is 295 g/mol. The Morgan fingerprint density at radius 1 is 1.00 bits per heavy atom. The molecule has 0 bridgehead atoms. The zero-order valence-electron chi connectivity index (χ0n) is 12.8. The molecule has 0 unspecified atom stereocenters. The van der Waals surface area contributed by atoms with Crippen molar-refractivity contribution < 1.29 is 9.90 Å². The van der Waals surface area contributed by atoms with Gasteiger partial charge in [-0.05, 0) is 55.5 Å². The number of piperidine rings is 1. The lowest BCUT2D eigenvalue weighted by Crippen LogP contribution is -2.37. The Bertz CT molecular complexity index is 638. The summed E-state index contributed by atoms with van der Waals surface area (Å²) in [4.78, 5) is 14.4. The Labute approximate surface area is 131 Å². The minimum absolute atomic E-state index is 0.129. The molecule has 0 radical (unpaired) electrons. The molecule has 3 heteroatoms. The second-order valence-electron chi connectivity index (χ2n) is 6.02. The van der Waals surface area contributed by atoms with E-state index in [1.807, 2.05) is 48.2 Å². The Kier molecular flexibility index (Phi) is 4.14. The van der Waals surface area contributed by atoms with Gasteiger partial charge in [-0.1, -0.05) is 29.8 Å². The van der Waals surface area contributed by atoms with Gasteiger partial charge in [0.1, 0.15) is 5.75 Å². The maximum atomic E-state index is 12.5. The number of aromatic hydroxyl groups is 1. The maximum Gasteiger partial charge on any atom is 0.253 e. The summed E-state index contributed by atoms with van der Waals surface area (Å²) in [6.45, 7) is 3.61. The van der Waals surface area contributed by atoms with Crippen molar-refractivity contribution in [1.82, 2.24) is 4.90 Å². The van der Waals surface area contributed by atoms with Crippen molar-refractivity contribution >= 4 is 5.91 Å². The van der Waals surface area contributed by atoms with Crippen molar-refractivity contribution in [3.05, 3.63) is 65.2 Å². The fourth-order valence-corrected chi connectivity index (χ4v) is 3.04. The Morgan fingerprint density at radius 3 is 2.18 bits per heavy atom. The minimum atomic E-state index is 0.129. The minimum Gasteiger partial charge on any atom is -0.508 e. The number of carbonyl (C=O) groups is 1. The van der Waals surface area contributed by atoms with Crippen LogP contribution in [0.2, 0.25) is 0 Å². The van der Waals surface area contributed by atoms with Crippen LogP contribution in [-0.4, -0.2) is 29.0 Å². The lowest BCUT2D eigenvalue weighted by molar-refractivity contribution is 0.0713. The highest BCUT2D eigenvalue weighted by atomic mass is 16.3. The number of hydrogen-bond acceptors (Lipinski definition) is 2. The van der Waals surface area contributed by atoms with Crippen LogP contribution < -0.4 is 0 Å². The van der Waals surface area contributed by atoms with E-state index in [1.54, 1.807) is 12.1 Å². The molecule has 3 nitrogen and oxygen atoms in total. The molecule has 0 spiro atoms. The molecular formula is C19H21NO2. The lowest BCUT2D eigenvalue weighted by atomic mass is 9.89. The Balaban J connectivity index is 1.62. The van der Waals surface area contributed by atoms with Crippen LogP contribution in [0.4, 0.5) is 0 Å². The summed E-state index contributed by atoms with van der Waals surface area (Å²) in [6.07, 6.45) is 1.95. The van der Waals surface area contributed by atoms with Gasteiger partial charge in [0.2, 0.25) is 0 Å². The molecule has 114 valence electrons. The van der Waals surface area contributed by atoms with E-state index < -0.39 is 0 Å². The molecule has 0 aliphatic carbocycles. The summed E-state index contributed by atoms with van der Waals surface area (Å²) in [5.74, 6) is 0.905. The maximum absolute atomic E-state index is 12.5. The standard InChI is InChI=1S/C19H21NO2/c1-14-2-4-17(5-3-14)19(22)20-12-10-16(11-13-20)15-6-8-18(21)9-7-15/h2-9,16,21H,10-13H2,1H3. The van der Waals surface area contributed by atoms with Crippen molar-refractivity contribution in [2.75, 3.05) is 13.1 Å². The second kappa shape index (κ2) is 6.22. The highest BCUT2D eigenvalue weighted by Gasteiger charge is 2.24. The molecule has 2 aromatic carbocycles. The molecule has 1 heterocycles. The largest absolute Gasteiger partial charge is 0.508 e. The van der Waals surface area contributed by atoms with Crippen LogP contribution in [0.3, 0.4) is 0 Å². The summed E-state index contributed by atoms with van der Waals surface area (Å²) in [5.41, 5.74) is 3.19. The number of hydrogen-bond donors (Lipinski definition) is 1. The molecule has 2 aromatic rings. The molecule has 1 saturated heterocycles. The predicted molar refractivity (Wildman–Crippen MR) is 87.2 cm³/mol. The van der Waals surface area contributed by atoms with Crippen LogP contribution in [0.1, 0.15) is 40.2 Å². The molecule has 1 aliphatic rings. The third-order valence-corrected chi connectivity index (χ3v) is 4.45. The molecule has 1 aliphatic heterocycles. The predicted octanol–water partition coefficient (Wildman–Crippen LogP) is 3.72. The number of phenolic OH excluding ortho intramolecular Hbond substituents is 1. The van der Waals surface area contributed by atoms with Crippen molar-refractivity contribution in [3.63, 3.8) is 0 Å². The molecule has 22 heavy (non-hydrogen) atoms. The SMILES string of the molecule is Cc1ccc(C(=O)N2CCC(c3ccc(O)cc3)CC2)cc1. The van der Waals surface area contributed by atoms with Gasteiger partial charge in [0, 0.05) is 18.7 Å². The third kappa shape index (κ3) is 3.14. The summed E-state index contributed by atoms with van der Waals surface area (Å²) in [6, 6.07) is 15.2. The van der Waals surface area contributed by atoms with Gasteiger partial charge in [-0.15, -0.1) is 0 Å². The molecule has 0 atom stereocenters. The number of aryl methyl sites for hydroxylation is 1. The monoisotopic (exact) mass is 295 g/mol. The van der Waals surface area contributed by atoms with Crippen molar-refractivity contribution in [1.29, 1.82) is 0 Å². The summed E-state index contributed by atoms with van der Waals surface area (Å²) in [5, 5.41) is 9.36. The van der Waals surface area contributed by atoms with E-state index in [4.69, 9.17) is 0 Å². The van der Waals surface area contributed by atoms with E-state index >= 15 is 0 Å². The van der Waals surface area contributed by atoms with Gasteiger partial charge in [-0.25, -0.2) is 0 Å². The third-order valence-electron chi connectivity index (χ3n) is 4.45. The van der Waals surface area contributed by atoms with Crippen LogP contribution in [-0.2, 0) is 0 Å². The van der Waals surface area contributed by atoms with Gasteiger partial charge in [0.05, 0.1) is 0 Å². The van der Waals surface area contributed by atoms with Gasteiger partial charge in [0.15, 0.2) is 0 Å². The number of carbonyl (C=O) groups excluding carboxylic acids is 1. The summed E-state index contributed by atoms with van der Waals surface area (Å²) >= 11 is 0. The Hall–Kier alpha value is -2.29. The first kappa shape index (κ1) is 14.6. The van der Waals surface area contributed by atoms with E-state index in [1.165, 1.54) is 11.1 Å². The van der Waals surface area contributed by atoms with Crippen LogP contribution in [0.25, 0.3) is 0 Å². The first-order valence-electron chi connectivity index (χ1n) is 7.78. The van der Waals surface area contributed by atoms with Crippen LogP contribution >= 0.6 is 0 Å². The number of likely N-dealkylation sites (tertiary alicyclic amines) is 1. The smallest absolute Gasteiger partial charge is 0.253 e. The average Bonchev–Trinajstić information content (AvgIpc) is 2.56. The quantitative estimate of drug-likeness (QED) is 0.917. The molecule has 0 aromatic heterocycles. The fourth-order valence-electron chi connectivity index (χ4n) is 3.04. The van der Waals surface area contributed by atoms with Crippen LogP contribution in [0, 0.1) is 6.92 Å². The van der Waals surface area contributed by atoms with Gasteiger partial charge < -0.3 is 10.0 Å². The molecule has 0 saturated carbocycles.